The lowest BCUT2D eigenvalue weighted by Crippen LogP contribution is -1.94. The average molecular weight is 210 g/mol. The fourth-order valence-corrected chi connectivity index (χ4v) is 1.25. The van der Waals surface area contributed by atoms with E-state index in [1.807, 2.05) is 6.08 Å². The molecule has 0 bridgehead atoms. The van der Waals surface area contributed by atoms with Gasteiger partial charge in [0, 0.05) is 6.08 Å². The summed E-state index contributed by atoms with van der Waals surface area (Å²) in [6, 6.07) is 0. The van der Waals surface area contributed by atoms with E-state index >= 15 is 0 Å². The molecule has 0 rings (SSSR count). The minimum Gasteiger partial charge on any atom is -0.478 e. The van der Waals surface area contributed by atoms with Crippen molar-refractivity contribution in [3.8, 4) is 0 Å². The van der Waals surface area contributed by atoms with Crippen molar-refractivity contribution >= 4 is 5.97 Å². The molecule has 0 radical (unpaired) electrons. The van der Waals surface area contributed by atoms with Gasteiger partial charge in [0.15, 0.2) is 0 Å². The van der Waals surface area contributed by atoms with Crippen molar-refractivity contribution in [3.63, 3.8) is 0 Å². The van der Waals surface area contributed by atoms with Crippen LogP contribution in [-0.4, -0.2) is 11.1 Å². The van der Waals surface area contributed by atoms with E-state index in [0.29, 0.717) is 5.92 Å². The van der Waals surface area contributed by atoms with Crippen molar-refractivity contribution in [2.24, 2.45) is 11.8 Å². The standard InChI is InChI=1S/C13H22O2/c1-10(2)5-6-11(3)7-8-12(4)9-13(14)15/h7-11H,5-6H2,1-4H3,(H,14,15)/b8-7+,12-9+. The Labute approximate surface area is 92.7 Å². The van der Waals surface area contributed by atoms with Gasteiger partial charge in [0.05, 0.1) is 0 Å². The van der Waals surface area contributed by atoms with Crippen LogP contribution in [0.3, 0.4) is 0 Å². The zero-order chi connectivity index (χ0) is 11.8. The molecule has 86 valence electrons. The van der Waals surface area contributed by atoms with Crippen LogP contribution in [0.25, 0.3) is 0 Å². The summed E-state index contributed by atoms with van der Waals surface area (Å²) >= 11 is 0. The maximum atomic E-state index is 10.4. The number of rotatable bonds is 6. The van der Waals surface area contributed by atoms with Crippen molar-refractivity contribution in [2.75, 3.05) is 0 Å². The lowest BCUT2D eigenvalue weighted by molar-refractivity contribution is -0.131. The first kappa shape index (κ1) is 13.9. The van der Waals surface area contributed by atoms with Gasteiger partial charge in [0.1, 0.15) is 0 Å². The number of hydrogen-bond acceptors (Lipinski definition) is 1. The quantitative estimate of drug-likeness (QED) is 0.536. The molecule has 0 aromatic rings. The molecule has 2 nitrogen and oxygen atoms in total. The molecular weight excluding hydrogens is 188 g/mol. The Morgan fingerprint density at radius 1 is 1.27 bits per heavy atom. The molecule has 0 aromatic carbocycles. The molecule has 15 heavy (non-hydrogen) atoms. The van der Waals surface area contributed by atoms with Crippen LogP contribution < -0.4 is 0 Å². The molecule has 0 saturated carbocycles. The van der Waals surface area contributed by atoms with E-state index in [0.717, 1.165) is 17.9 Å². The average Bonchev–Trinajstić information content (AvgIpc) is 2.10. The highest BCUT2D eigenvalue weighted by Gasteiger charge is 1.99. The van der Waals surface area contributed by atoms with Crippen molar-refractivity contribution in [1.82, 2.24) is 0 Å². The second kappa shape index (κ2) is 7.27. The van der Waals surface area contributed by atoms with Crippen LogP contribution in [0.5, 0.6) is 0 Å². The maximum absolute atomic E-state index is 10.4. The first-order valence-electron chi connectivity index (χ1n) is 5.51. The van der Waals surface area contributed by atoms with E-state index in [2.05, 4.69) is 26.8 Å². The van der Waals surface area contributed by atoms with Gasteiger partial charge in [-0.1, -0.05) is 39.3 Å². The number of carbonyl (C=O) groups is 1. The van der Waals surface area contributed by atoms with Gasteiger partial charge in [0.2, 0.25) is 0 Å². The van der Waals surface area contributed by atoms with E-state index in [4.69, 9.17) is 5.11 Å². The number of carboxylic acids is 1. The van der Waals surface area contributed by atoms with Gasteiger partial charge in [0.25, 0.3) is 0 Å². The van der Waals surface area contributed by atoms with Crippen LogP contribution in [0.1, 0.15) is 40.5 Å². The van der Waals surface area contributed by atoms with Gasteiger partial charge in [-0.2, -0.15) is 0 Å². The van der Waals surface area contributed by atoms with E-state index in [-0.39, 0.29) is 0 Å². The van der Waals surface area contributed by atoms with E-state index in [1.165, 1.54) is 12.5 Å². The van der Waals surface area contributed by atoms with Gasteiger partial charge in [-0.3, -0.25) is 0 Å². The molecule has 1 atom stereocenters. The molecule has 0 aliphatic rings. The zero-order valence-corrected chi connectivity index (χ0v) is 10.2. The first-order chi connectivity index (χ1) is 6.91. The molecule has 1 N–H and O–H groups in total. The highest BCUT2D eigenvalue weighted by Crippen LogP contribution is 2.13. The molecule has 0 saturated heterocycles. The largest absolute Gasteiger partial charge is 0.478 e. The molecule has 0 aliphatic heterocycles. The van der Waals surface area contributed by atoms with Crippen molar-refractivity contribution in [3.05, 3.63) is 23.8 Å². The van der Waals surface area contributed by atoms with Crippen molar-refractivity contribution in [1.29, 1.82) is 0 Å². The monoisotopic (exact) mass is 210 g/mol. The lowest BCUT2D eigenvalue weighted by Gasteiger charge is -2.08. The predicted molar refractivity (Wildman–Crippen MR) is 63.8 cm³/mol. The Hall–Kier alpha value is -1.05. The Kier molecular flexibility index (Phi) is 6.76. The van der Waals surface area contributed by atoms with Gasteiger partial charge >= 0.3 is 5.97 Å². The fraction of sp³-hybridized carbons (Fsp3) is 0.615. The summed E-state index contributed by atoms with van der Waals surface area (Å²) in [5.41, 5.74) is 0.791. The number of aliphatic carboxylic acids is 1. The number of hydrogen-bond donors (Lipinski definition) is 1. The van der Waals surface area contributed by atoms with Crippen LogP contribution >= 0.6 is 0 Å². The Balaban J connectivity index is 3.99. The lowest BCUT2D eigenvalue weighted by atomic mass is 9.98. The van der Waals surface area contributed by atoms with Crippen LogP contribution in [0.2, 0.25) is 0 Å². The molecule has 0 aromatic heterocycles. The minimum atomic E-state index is -0.882. The minimum absolute atomic E-state index is 0.518. The maximum Gasteiger partial charge on any atom is 0.328 e. The first-order valence-corrected chi connectivity index (χ1v) is 5.51. The Morgan fingerprint density at radius 2 is 1.87 bits per heavy atom. The molecule has 2 heteroatoms. The van der Waals surface area contributed by atoms with Gasteiger partial charge < -0.3 is 5.11 Å². The summed E-state index contributed by atoms with van der Waals surface area (Å²) in [6.45, 7) is 8.39. The van der Waals surface area contributed by atoms with Crippen molar-refractivity contribution in [2.45, 2.75) is 40.5 Å². The normalized spacial score (nSPS) is 14.9. The second-order valence-electron chi connectivity index (χ2n) is 4.53. The molecule has 1 unspecified atom stereocenters. The molecule has 0 amide bonds. The third-order valence-electron chi connectivity index (χ3n) is 2.24. The fourth-order valence-electron chi connectivity index (χ4n) is 1.25. The summed E-state index contributed by atoms with van der Waals surface area (Å²) in [7, 11) is 0. The second-order valence-corrected chi connectivity index (χ2v) is 4.53. The molecule has 0 heterocycles. The summed E-state index contributed by atoms with van der Waals surface area (Å²) in [4.78, 5) is 10.4. The SMILES string of the molecule is CC(/C=C/C(C)CCC(C)C)=C\C(=O)O. The Bertz CT molecular complexity index is 249. The van der Waals surface area contributed by atoms with Crippen LogP contribution in [0.4, 0.5) is 0 Å². The van der Waals surface area contributed by atoms with Crippen LogP contribution in [0, 0.1) is 11.8 Å². The van der Waals surface area contributed by atoms with Crippen LogP contribution in [-0.2, 0) is 4.79 Å². The molecular formula is C13H22O2. The summed E-state index contributed by atoms with van der Waals surface area (Å²) < 4.78 is 0. The summed E-state index contributed by atoms with van der Waals surface area (Å²) in [5, 5.41) is 8.51. The topological polar surface area (TPSA) is 37.3 Å². The highest BCUT2D eigenvalue weighted by atomic mass is 16.4. The smallest absolute Gasteiger partial charge is 0.328 e. The van der Waals surface area contributed by atoms with Gasteiger partial charge in [-0.05, 0) is 30.8 Å². The van der Waals surface area contributed by atoms with E-state index < -0.39 is 5.97 Å². The predicted octanol–water partition coefficient (Wildman–Crippen LogP) is 3.65. The highest BCUT2D eigenvalue weighted by molar-refractivity contribution is 5.81. The third-order valence-corrected chi connectivity index (χ3v) is 2.24. The number of allylic oxidation sites excluding steroid dienone is 3. The van der Waals surface area contributed by atoms with Crippen molar-refractivity contribution < 1.29 is 9.90 Å². The number of carboxylic acid groups (broad SMARTS) is 1. The van der Waals surface area contributed by atoms with Gasteiger partial charge in [-0.15, -0.1) is 0 Å². The molecule has 0 fully saturated rings. The van der Waals surface area contributed by atoms with Gasteiger partial charge in [-0.25, -0.2) is 4.79 Å². The summed E-state index contributed by atoms with van der Waals surface area (Å²) in [6.07, 6.45) is 7.57. The van der Waals surface area contributed by atoms with E-state index in [1.54, 1.807) is 6.92 Å². The zero-order valence-electron chi connectivity index (χ0n) is 10.2. The van der Waals surface area contributed by atoms with Crippen LogP contribution in [0.15, 0.2) is 23.8 Å². The Morgan fingerprint density at radius 3 is 2.33 bits per heavy atom. The molecule has 0 aliphatic carbocycles. The third kappa shape index (κ3) is 9.26. The summed E-state index contributed by atoms with van der Waals surface area (Å²) in [5.74, 6) is 0.369. The molecule has 0 spiro atoms. The van der Waals surface area contributed by atoms with E-state index in [9.17, 15) is 4.79 Å².